The van der Waals surface area contributed by atoms with Crippen molar-refractivity contribution in [3.63, 3.8) is 0 Å². The van der Waals surface area contributed by atoms with E-state index < -0.39 is 17.8 Å². The van der Waals surface area contributed by atoms with Gasteiger partial charge >= 0.3 is 0 Å². The molecule has 0 bridgehead atoms. The molecular weight excluding hydrogens is 347 g/mol. The number of amides is 1. The van der Waals surface area contributed by atoms with Crippen molar-refractivity contribution in [3.8, 4) is 0 Å². The molecule has 0 saturated carbocycles. The maximum absolute atomic E-state index is 13.9. The highest BCUT2D eigenvalue weighted by molar-refractivity contribution is 9.10. The third-order valence-electron chi connectivity index (χ3n) is 2.71. The average molecular weight is 358 g/mol. The van der Waals surface area contributed by atoms with E-state index in [1.165, 1.54) is 18.2 Å². The number of nitrogens with two attached hydrogens (primary N) is 1. The lowest BCUT2D eigenvalue weighted by molar-refractivity contribution is -0.118. The number of carbonyl (C=O) groups is 1. The molecule has 1 unspecified atom stereocenters. The molecule has 0 spiro atoms. The van der Waals surface area contributed by atoms with Crippen molar-refractivity contribution in [3.05, 3.63) is 63.3 Å². The third-order valence-corrected chi connectivity index (χ3v) is 3.53. The average Bonchev–Trinajstić information content (AvgIpc) is 2.37. The van der Waals surface area contributed by atoms with Gasteiger partial charge in [0, 0.05) is 20.7 Å². The summed E-state index contributed by atoms with van der Waals surface area (Å²) in [6.07, 6.45) is 0. The van der Waals surface area contributed by atoms with Gasteiger partial charge in [0.05, 0.1) is 0 Å². The fourth-order valence-electron chi connectivity index (χ4n) is 1.82. The Hall–Kier alpha value is -1.59. The quantitative estimate of drug-likeness (QED) is 0.872. The van der Waals surface area contributed by atoms with Crippen LogP contribution in [0.4, 0.5) is 10.1 Å². The molecule has 20 heavy (non-hydrogen) atoms. The van der Waals surface area contributed by atoms with Crippen molar-refractivity contribution in [1.82, 2.24) is 0 Å². The van der Waals surface area contributed by atoms with Crippen LogP contribution < -0.4 is 11.1 Å². The summed E-state index contributed by atoms with van der Waals surface area (Å²) in [6.45, 7) is 0. The Morgan fingerprint density at radius 3 is 2.60 bits per heavy atom. The first-order chi connectivity index (χ1) is 9.49. The lowest BCUT2D eigenvalue weighted by Gasteiger charge is -2.19. The van der Waals surface area contributed by atoms with E-state index in [4.69, 9.17) is 17.3 Å². The van der Waals surface area contributed by atoms with Gasteiger partial charge in [0.1, 0.15) is 11.9 Å². The van der Waals surface area contributed by atoms with Crippen LogP contribution in [0.1, 0.15) is 11.6 Å². The Bertz CT molecular complexity index is 631. The van der Waals surface area contributed by atoms with Crippen molar-refractivity contribution in [1.29, 1.82) is 0 Å². The first-order valence-electron chi connectivity index (χ1n) is 5.74. The highest BCUT2D eigenvalue weighted by Crippen LogP contribution is 2.29. The van der Waals surface area contributed by atoms with Crippen LogP contribution >= 0.6 is 27.5 Å². The summed E-state index contributed by atoms with van der Waals surface area (Å²) in [6, 6.07) is 10.3. The van der Waals surface area contributed by atoms with E-state index in [1.54, 1.807) is 18.2 Å². The zero-order valence-corrected chi connectivity index (χ0v) is 12.6. The van der Waals surface area contributed by atoms with Crippen molar-refractivity contribution in [2.45, 2.75) is 6.04 Å². The van der Waals surface area contributed by atoms with Gasteiger partial charge in [-0.2, -0.15) is 0 Å². The van der Waals surface area contributed by atoms with Gasteiger partial charge in [0.15, 0.2) is 0 Å². The van der Waals surface area contributed by atoms with Gasteiger partial charge in [-0.25, -0.2) is 4.39 Å². The predicted octanol–water partition coefficient (Wildman–Crippen LogP) is 3.88. The van der Waals surface area contributed by atoms with Crippen LogP contribution in [0.15, 0.2) is 46.9 Å². The van der Waals surface area contributed by atoms with E-state index in [0.29, 0.717) is 5.69 Å². The van der Waals surface area contributed by atoms with Crippen LogP contribution in [0.25, 0.3) is 0 Å². The maximum Gasteiger partial charge on any atom is 0.244 e. The number of hydrogen-bond acceptors (Lipinski definition) is 2. The molecular formula is C14H11BrClFN2O. The van der Waals surface area contributed by atoms with Gasteiger partial charge in [-0.15, -0.1) is 0 Å². The fraction of sp³-hybridized carbons (Fsp3) is 0.0714. The largest absolute Gasteiger partial charge is 0.370 e. The second-order valence-corrected chi connectivity index (χ2v) is 5.45. The Morgan fingerprint density at radius 2 is 2.00 bits per heavy atom. The third kappa shape index (κ3) is 3.29. The normalized spacial score (nSPS) is 11.9. The molecule has 104 valence electrons. The molecule has 0 aromatic heterocycles. The van der Waals surface area contributed by atoms with E-state index >= 15 is 0 Å². The molecule has 1 atom stereocenters. The molecule has 2 rings (SSSR count). The Balaban J connectivity index is 2.40. The minimum absolute atomic E-state index is 0.0432. The van der Waals surface area contributed by atoms with Crippen LogP contribution in [-0.2, 0) is 4.79 Å². The molecule has 0 aliphatic heterocycles. The topological polar surface area (TPSA) is 55.1 Å². The highest BCUT2D eigenvalue weighted by Gasteiger charge is 2.24. The maximum atomic E-state index is 13.9. The van der Waals surface area contributed by atoms with Gasteiger partial charge in [0.25, 0.3) is 0 Å². The van der Waals surface area contributed by atoms with Gasteiger partial charge in [-0.05, 0) is 30.3 Å². The SMILES string of the molecule is NC(=O)C(Nc1cccc(Br)c1)c1c(F)cccc1Cl. The molecule has 0 fully saturated rings. The molecule has 3 nitrogen and oxygen atoms in total. The summed E-state index contributed by atoms with van der Waals surface area (Å²) >= 11 is 9.29. The number of primary amides is 1. The molecule has 0 saturated heterocycles. The fourth-order valence-corrected chi connectivity index (χ4v) is 2.49. The monoisotopic (exact) mass is 356 g/mol. The molecule has 6 heteroatoms. The van der Waals surface area contributed by atoms with Gasteiger partial charge < -0.3 is 11.1 Å². The molecule has 2 aromatic rings. The standard InChI is InChI=1S/C14H11BrClFN2O/c15-8-3-1-4-9(7-8)19-13(14(18)20)12-10(16)5-2-6-11(12)17/h1-7,13,19H,(H2,18,20). The number of nitrogens with one attached hydrogen (secondary N) is 1. The minimum atomic E-state index is -1.04. The van der Waals surface area contributed by atoms with Crippen LogP contribution in [0.2, 0.25) is 5.02 Å². The number of rotatable bonds is 4. The van der Waals surface area contributed by atoms with E-state index in [1.807, 2.05) is 6.07 Å². The summed E-state index contributed by atoms with van der Waals surface area (Å²) in [7, 11) is 0. The minimum Gasteiger partial charge on any atom is -0.370 e. The second-order valence-electron chi connectivity index (χ2n) is 4.13. The molecule has 0 aliphatic rings. The number of halogens is 3. The Labute approximate surface area is 129 Å². The Morgan fingerprint density at radius 1 is 1.30 bits per heavy atom. The van der Waals surface area contributed by atoms with Crippen molar-refractivity contribution >= 4 is 39.1 Å². The lowest BCUT2D eigenvalue weighted by Crippen LogP contribution is -2.28. The van der Waals surface area contributed by atoms with Gasteiger partial charge in [-0.1, -0.05) is 39.7 Å². The van der Waals surface area contributed by atoms with E-state index in [0.717, 1.165) is 4.47 Å². The van der Waals surface area contributed by atoms with Crippen molar-refractivity contribution < 1.29 is 9.18 Å². The number of benzene rings is 2. The van der Waals surface area contributed by atoms with E-state index in [2.05, 4.69) is 21.2 Å². The number of anilines is 1. The summed E-state index contributed by atoms with van der Waals surface area (Å²) in [4.78, 5) is 11.6. The first kappa shape index (κ1) is 14.8. The Kier molecular flexibility index (Phi) is 4.62. The molecule has 0 heterocycles. The zero-order chi connectivity index (χ0) is 14.7. The summed E-state index contributed by atoms with van der Waals surface area (Å²) in [5.41, 5.74) is 6.02. The zero-order valence-electron chi connectivity index (χ0n) is 10.2. The smallest absolute Gasteiger partial charge is 0.244 e. The van der Waals surface area contributed by atoms with E-state index in [9.17, 15) is 9.18 Å². The summed E-state index contributed by atoms with van der Waals surface area (Å²) in [5.74, 6) is -1.29. The molecule has 3 N–H and O–H groups in total. The summed E-state index contributed by atoms with van der Waals surface area (Å²) in [5, 5.41) is 3.04. The van der Waals surface area contributed by atoms with Gasteiger partial charge in [-0.3, -0.25) is 4.79 Å². The summed E-state index contributed by atoms with van der Waals surface area (Å²) < 4.78 is 14.7. The van der Waals surface area contributed by atoms with Crippen LogP contribution in [-0.4, -0.2) is 5.91 Å². The van der Waals surface area contributed by atoms with Crippen molar-refractivity contribution in [2.75, 3.05) is 5.32 Å². The highest BCUT2D eigenvalue weighted by atomic mass is 79.9. The van der Waals surface area contributed by atoms with Crippen LogP contribution in [0, 0.1) is 5.82 Å². The predicted molar refractivity (Wildman–Crippen MR) is 81.1 cm³/mol. The number of carbonyl (C=O) groups excluding carboxylic acids is 1. The molecule has 1 amide bonds. The second kappa shape index (κ2) is 6.24. The van der Waals surface area contributed by atoms with Gasteiger partial charge in [0.2, 0.25) is 5.91 Å². The van der Waals surface area contributed by atoms with Crippen LogP contribution in [0.5, 0.6) is 0 Å². The molecule has 0 radical (unpaired) electrons. The number of hydrogen-bond donors (Lipinski definition) is 2. The van der Waals surface area contributed by atoms with Crippen molar-refractivity contribution in [2.24, 2.45) is 5.73 Å². The molecule has 0 aliphatic carbocycles. The van der Waals surface area contributed by atoms with E-state index in [-0.39, 0.29) is 10.6 Å². The molecule has 2 aromatic carbocycles. The lowest BCUT2D eigenvalue weighted by atomic mass is 10.0. The first-order valence-corrected chi connectivity index (χ1v) is 6.91. The van der Waals surface area contributed by atoms with Crippen LogP contribution in [0.3, 0.4) is 0 Å².